The minimum Gasteiger partial charge on any atom is -0.325 e. The molecule has 0 bridgehead atoms. The van der Waals surface area contributed by atoms with Crippen molar-refractivity contribution in [2.24, 2.45) is 0 Å². The molecule has 3 nitrogen and oxygen atoms in total. The Hall–Kier alpha value is -1.06. The summed E-state index contributed by atoms with van der Waals surface area (Å²) in [6.07, 6.45) is 2.13. The molecule has 0 aromatic heterocycles. The van der Waals surface area contributed by atoms with E-state index in [9.17, 15) is 4.79 Å². The van der Waals surface area contributed by atoms with Gasteiger partial charge in [-0.3, -0.25) is 9.69 Å². The van der Waals surface area contributed by atoms with Crippen molar-refractivity contribution in [3.63, 3.8) is 0 Å². The smallest absolute Gasteiger partial charge is 0.238 e. The number of halogens is 1. The van der Waals surface area contributed by atoms with Gasteiger partial charge >= 0.3 is 0 Å². The van der Waals surface area contributed by atoms with Crippen LogP contribution in [0, 0.1) is 6.92 Å². The van der Waals surface area contributed by atoms with Crippen molar-refractivity contribution in [3.05, 3.63) is 28.8 Å². The maximum atomic E-state index is 12.0. The zero-order valence-corrected chi connectivity index (χ0v) is 12.8. The molecule has 0 fully saturated rings. The van der Waals surface area contributed by atoms with Crippen LogP contribution in [0.25, 0.3) is 0 Å². The van der Waals surface area contributed by atoms with Gasteiger partial charge in [0.05, 0.1) is 6.54 Å². The summed E-state index contributed by atoms with van der Waals surface area (Å²) in [6, 6.07) is 5.49. The van der Waals surface area contributed by atoms with E-state index in [1.54, 1.807) is 6.07 Å². The van der Waals surface area contributed by atoms with Crippen LogP contribution in [0.1, 0.15) is 32.3 Å². The molecule has 0 radical (unpaired) electrons. The molecule has 0 saturated heterocycles. The van der Waals surface area contributed by atoms with Crippen molar-refractivity contribution >= 4 is 23.2 Å². The first kappa shape index (κ1) is 16.0. The average molecular weight is 283 g/mol. The van der Waals surface area contributed by atoms with E-state index in [0.717, 1.165) is 37.2 Å². The molecule has 0 aliphatic carbocycles. The van der Waals surface area contributed by atoms with Crippen LogP contribution in [0.3, 0.4) is 0 Å². The summed E-state index contributed by atoms with van der Waals surface area (Å²) in [5.41, 5.74) is 1.82. The van der Waals surface area contributed by atoms with Crippen LogP contribution in [-0.2, 0) is 4.79 Å². The Balaban J connectivity index is 2.58. The van der Waals surface area contributed by atoms with Crippen molar-refractivity contribution in [2.45, 2.75) is 33.6 Å². The van der Waals surface area contributed by atoms with Crippen molar-refractivity contribution in [2.75, 3.05) is 25.0 Å². The van der Waals surface area contributed by atoms with Gasteiger partial charge in [0.15, 0.2) is 0 Å². The molecule has 1 aromatic rings. The lowest BCUT2D eigenvalue weighted by molar-refractivity contribution is -0.117. The molecule has 0 heterocycles. The predicted molar refractivity (Wildman–Crippen MR) is 81.8 cm³/mol. The highest BCUT2D eigenvalue weighted by Crippen LogP contribution is 2.19. The minimum atomic E-state index is 0.0346. The van der Waals surface area contributed by atoms with Gasteiger partial charge in [0.2, 0.25) is 5.91 Å². The molecule has 0 atom stereocenters. The van der Waals surface area contributed by atoms with Crippen LogP contribution in [0.4, 0.5) is 5.69 Å². The zero-order chi connectivity index (χ0) is 14.3. The second-order valence-electron chi connectivity index (χ2n) is 4.78. The number of carbonyl (C=O) groups excluding carboxylic acids is 1. The second kappa shape index (κ2) is 8.18. The number of carbonyl (C=O) groups is 1. The Morgan fingerprint density at radius 1 is 1.26 bits per heavy atom. The first-order valence-electron chi connectivity index (χ1n) is 6.85. The average Bonchev–Trinajstić information content (AvgIpc) is 2.33. The third-order valence-electron chi connectivity index (χ3n) is 2.91. The van der Waals surface area contributed by atoms with Gasteiger partial charge in [-0.1, -0.05) is 25.4 Å². The highest BCUT2D eigenvalue weighted by molar-refractivity contribution is 6.30. The minimum absolute atomic E-state index is 0.0346. The highest BCUT2D eigenvalue weighted by Gasteiger charge is 2.10. The summed E-state index contributed by atoms with van der Waals surface area (Å²) in [5, 5.41) is 3.63. The number of anilines is 1. The molecule has 19 heavy (non-hydrogen) atoms. The molecule has 0 unspecified atom stereocenters. The Labute approximate surface area is 120 Å². The van der Waals surface area contributed by atoms with E-state index >= 15 is 0 Å². The number of rotatable bonds is 7. The first-order valence-corrected chi connectivity index (χ1v) is 7.23. The maximum absolute atomic E-state index is 12.0. The van der Waals surface area contributed by atoms with Crippen LogP contribution in [-0.4, -0.2) is 30.4 Å². The lowest BCUT2D eigenvalue weighted by Crippen LogP contribution is -2.34. The van der Waals surface area contributed by atoms with E-state index in [-0.39, 0.29) is 5.91 Å². The summed E-state index contributed by atoms with van der Waals surface area (Å²) in [5.74, 6) is 0.0346. The number of amides is 1. The SMILES string of the molecule is CCCN(CCC)CC(=O)Nc1ccc(Cl)cc1C. The monoisotopic (exact) mass is 282 g/mol. The van der Waals surface area contributed by atoms with Gasteiger partial charge in [-0.25, -0.2) is 0 Å². The molecular formula is C15H23ClN2O. The van der Waals surface area contributed by atoms with Crippen molar-refractivity contribution in [1.29, 1.82) is 0 Å². The fourth-order valence-electron chi connectivity index (χ4n) is 2.06. The Morgan fingerprint density at radius 3 is 2.42 bits per heavy atom. The lowest BCUT2D eigenvalue weighted by atomic mass is 10.2. The van der Waals surface area contributed by atoms with Crippen LogP contribution >= 0.6 is 11.6 Å². The zero-order valence-electron chi connectivity index (χ0n) is 12.0. The predicted octanol–water partition coefficient (Wildman–Crippen LogP) is 3.71. The normalized spacial score (nSPS) is 10.8. The summed E-state index contributed by atoms with van der Waals surface area (Å²) in [7, 11) is 0. The third kappa shape index (κ3) is 5.62. The number of benzene rings is 1. The third-order valence-corrected chi connectivity index (χ3v) is 3.14. The van der Waals surface area contributed by atoms with Crippen molar-refractivity contribution in [1.82, 2.24) is 4.90 Å². The lowest BCUT2D eigenvalue weighted by Gasteiger charge is -2.20. The second-order valence-corrected chi connectivity index (χ2v) is 5.22. The molecule has 0 aliphatic heterocycles. The van der Waals surface area contributed by atoms with Crippen LogP contribution in [0.5, 0.6) is 0 Å². The van der Waals surface area contributed by atoms with E-state index in [0.29, 0.717) is 11.6 Å². The molecular weight excluding hydrogens is 260 g/mol. The van der Waals surface area contributed by atoms with Crippen LogP contribution in [0.2, 0.25) is 5.02 Å². The number of hydrogen-bond donors (Lipinski definition) is 1. The number of nitrogens with zero attached hydrogens (tertiary/aromatic N) is 1. The number of aryl methyl sites for hydroxylation is 1. The van der Waals surface area contributed by atoms with Gasteiger partial charge < -0.3 is 5.32 Å². The highest BCUT2D eigenvalue weighted by atomic mass is 35.5. The molecule has 1 rings (SSSR count). The molecule has 106 valence electrons. The van der Waals surface area contributed by atoms with Gasteiger partial charge in [0.25, 0.3) is 0 Å². The van der Waals surface area contributed by atoms with Crippen LogP contribution in [0.15, 0.2) is 18.2 Å². The maximum Gasteiger partial charge on any atom is 0.238 e. The molecule has 1 amide bonds. The molecule has 1 N–H and O–H groups in total. The Morgan fingerprint density at radius 2 is 1.89 bits per heavy atom. The molecule has 0 spiro atoms. The van der Waals surface area contributed by atoms with E-state index < -0.39 is 0 Å². The molecule has 0 aliphatic rings. The van der Waals surface area contributed by atoms with Crippen LogP contribution < -0.4 is 5.32 Å². The molecule has 0 saturated carbocycles. The van der Waals surface area contributed by atoms with Gasteiger partial charge in [0.1, 0.15) is 0 Å². The van der Waals surface area contributed by atoms with Gasteiger partial charge in [-0.15, -0.1) is 0 Å². The van der Waals surface area contributed by atoms with Gasteiger partial charge in [-0.2, -0.15) is 0 Å². The Bertz CT molecular complexity index is 415. The largest absolute Gasteiger partial charge is 0.325 e. The quantitative estimate of drug-likeness (QED) is 0.827. The van der Waals surface area contributed by atoms with Crippen molar-refractivity contribution < 1.29 is 4.79 Å². The number of nitrogens with one attached hydrogen (secondary N) is 1. The topological polar surface area (TPSA) is 32.3 Å². The van der Waals surface area contributed by atoms with E-state index in [4.69, 9.17) is 11.6 Å². The van der Waals surface area contributed by atoms with E-state index in [2.05, 4.69) is 24.1 Å². The van der Waals surface area contributed by atoms with E-state index in [1.807, 2.05) is 19.1 Å². The summed E-state index contributed by atoms with van der Waals surface area (Å²) in [4.78, 5) is 14.2. The standard InChI is InChI=1S/C15H23ClN2O/c1-4-8-18(9-5-2)11-15(19)17-14-7-6-13(16)10-12(14)3/h6-7,10H,4-5,8-9,11H2,1-3H3,(H,17,19). The van der Waals surface area contributed by atoms with Crippen molar-refractivity contribution in [3.8, 4) is 0 Å². The molecule has 1 aromatic carbocycles. The Kier molecular flexibility index (Phi) is 6.89. The van der Waals surface area contributed by atoms with Gasteiger partial charge in [-0.05, 0) is 56.6 Å². The first-order chi connectivity index (χ1) is 9.06. The fraction of sp³-hybridized carbons (Fsp3) is 0.533. The number of hydrogen-bond acceptors (Lipinski definition) is 2. The van der Waals surface area contributed by atoms with E-state index in [1.165, 1.54) is 0 Å². The summed E-state index contributed by atoms with van der Waals surface area (Å²) in [6.45, 7) is 8.57. The summed E-state index contributed by atoms with van der Waals surface area (Å²) >= 11 is 5.90. The fourth-order valence-corrected chi connectivity index (χ4v) is 2.29. The van der Waals surface area contributed by atoms with Gasteiger partial charge in [0, 0.05) is 10.7 Å². The summed E-state index contributed by atoms with van der Waals surface area (Å²) < 4.78 is 0. The molecule has 4 heteroatoms.